The number of para-hydroxylation sites is 2. The third kappa shape index (κ3) is 3.49. The number of benzene rings is 5. The smallest absolute Gasteiger partial charge is 0.249 e. The molecule has 0 aliphatic carbocycles. The lowest BCUT2D eigenvalue weighted by molar-refractivity contribution is -0.727. The molecule has 0 saturated carbocycles. The minimum absolute atomic E-state index is 0.0814. The summed E-state index contributed by atoms with van der Waals surface area (Å²) in [7, 11) is 0. The molecule has 0 spiro atoms. The van der Waals surface area contributed by atoms with E-state index in [9.17, 15) is 0 Å². The molecule has 51 heavy (non-hydrogen) atoms. The number of aromatic nitrogens is 3. The van der Waals surface area contributed by atoms with Gasteiger partial charge < -0.3 is 8.82 Å². The second-order valence-corrected chi connectivity index (χ2v) is 14.6. The Morgan fingerprint density at radius 2 is 1.51 bits per heavy atom. The van der Waals surface area contributed by atoms with Crippen LogP contribution in [0.1, 0.15) is 35.1 Å². The van der Waals surface area contributed by atoms with Crippen molar-refractivity contribution in [1.82, 2.24) is 4.40 Å². The molecule has 2 unspecified atom stereocenters. The fourth-order valence-electron chi connectivity index (χ4n) is 9.87. The normalized spacial score (nSPS) is 17.0. The Balaban J connectivity index is 1.19. The van der Waals surface area contributed by atoms with Crippen LogP contribution in [0, 0.1) is 6.92 Å². The van der Waals surface area contributed by atoms with E-state index in [1.807, 2.05) is 0 Å². The van der Waals surface area contributed by atoms with Crippen LogP contribution in [0.15, 0.2) is 145 Å². The molecule has 12 rings (SSSR count). The van der Waals surface area contributed by atoms with Crippen LogP contribution in [0.25, 0.3) is 88.2 Å². The van der Waals surface area contributed by atoms with E-state index < -0.39 is 0 Å². The lowest BCUT2D eigenvalue weighted by Crippen LogP contribution is -2.53. The van der Waals surface area contributed by atoms with Crippen LogP contribution in [-0.2, 0) is 6.42 Å². The highest BCUT2D eigenvalue weighted by molar-refractivity contribution is 6.34. The quantitative estimate of drug-likeness (QED) is 0.149. The molecule has 5 aromatic heterocycles. The van der Waals surface area contributed by atoms with E-state index in [4.69, 9.17) is 11.0 Å². The summed E-state index contributed by atoms with van der Waals surface area (Å²) in [4.78, 5) is 0. The average molecular weight is 656 g/mol. The molecule has 0 fully saturated rings. The maximum Gasteiger partial charge on any atom is 0.249 e. The summed E-state index contributed by atoms with van der Waals surface area (Å²) in [6.07, 6.45) is 6.50. The molecule has 0 N–H and O–H groups in total. The van der Waals surface area contributed by atoms with Crippen molar-refractivity contribution < 1.29 is 13.6 Å². The molecule has 4 nitrogen and oxygen atoms in total. The first-order chi connectivity index (χ1) is 25.1. The van der Waals surface area contributed by atoms with Crippen LogP contribution >= 0.6 is 0 Å². The Morgan fingerprint density at radius 1 is 0.686 bits per heavy atom. The zero-order chi connectivity index (χ0) is 33.5. The highest BCUT2D eigenvalue weighted by Crippen LogP contribution is 2.49. The average Bonchev–Trinajstić information content (AvgIpc) is 3.82. The Hall–Kier alpha value is -6.26. The van der Waals surface area contributed by atoms with Gasteiger partial charge in [0.1, 0.15) is 11.2 Å². The maximum atomic E-state index is 6.59. The molecule has 0 saturated heterocycles. The van der Waals surface area contributed by atoms with Crippen molar-refractivity contribution in [2.24, 2.45) is 0 Å². The van der Waals surface area contributed by atoms with E-state index in [0.717, 1.165) is 29.7 Å². The van der Waals surface area contributed by atoms with Crippen molar-refractivity contribution in [1.29, 1.82) is 0 Å². The Kier molecular flexibility index (Phi) is 5.24. The summed E-state index contributed by atoms with van der Waals surface area (Å²) in [6, 6.07) is 44.8. The number of nitrogens with zero attached hydrogens (tertiary/aromatic N) is 3. The number of furan rings is 1. The molecule has 10 aromatic rings. The molecular formula is C47H33N3O+2. The minimum Gasteiger partial charge on any atom is -0.456 e. The van der Waals surface area contributed by atoms with E-state index >= 15 is 0 Å². The van der Waals surface area contributed by atoms with Crippen molar-refractivity contribution in [2.45, 2.75) is 31.7 Å². The zero-order valence-corrected chi connectivity index (χ0v) is 28.2. The molecular weight excluding hydrogens is 623 g/mol. The van der Waals surface area contributed by atoms with Crippen LogP contribution in [0.5, 0.6) is 0 Å². The maximum absolute atomic E-state index is 6.59. The van der Waals surface area contributed by atoms with Gasteiger partial charge in [-0.15, -0.1) is 0 Å². The van der Waals surface area contributed by atoms with Gasteiger partial charge in [-0.05, 0) is 86.0 Å². The molecule has 2 aliphatic heterocycles. The summed E-state index contributed by atoms with van der Waals surface area (Å²) < 4.78 is 14.0. The highest BCUT2D eigenvalue weighted by Gasteiger charge is 2.46. The van der Waals surface area contributed by atoms with Gasteiger partial charge in [-0.2, -0.15) is 9.13 Å². The molecule has 0 radical (unpaired) electrons. The summed E-state index contributed by atoms with van der Waals surface area (Å²) in [5.74, 6) is 0.269. The summed E-state index contributed by atoms with van der Waals surface area (Å²) in [6.45, 7) is 7.10. The minimum atomic E-state index is 0.0814. The monoisotopic (exact) mass is 655 g/mol. The van der Waals surface area contributed by atoms with Gasteiger partial charge in [0.25, 0.3) is 0 Å². The number of rotatable bonds is 0. The Labute approximate surface area is 294 Å². The molecule has 5 aromatic carbocycles. The lowest BCUT2D eigenvalue weighted by atomic mass is 9.78. The van der Waals surface area contributed by atoms with E-state index in [1.165, 1.54) is 88.1 Å². The third-order valence-electron chi connectivity index (χ3n) is 12.0. The molecule has 0 amide bonds. The van der Waals surface area contributed by atoms with Gasteiger partial charge in [-0.1, -0.05) is 54.6 Å². The van der Waals surface area contributed by atoms with Gasteiger partial charge in [0.2, 0.25) is 23.1 Å². The number of allylic oxidation sites excluding steroid dienone is 1. The fraction of sp³-hybridized carbons (Fsp3) is 0.106. The van der Waals surface area contributed by atoms with Gasteiger partial charge >= 0.3 is 0 Å². The molecule has 2 atom stereocenters. The van der Waals surface area contributed by atoms with E-state index in [2.05, 4.69) is 154 Å². The fourth-order valence-corrected chi connectivity index (χ4v) is 9.87. The standard InChI is InChI=1S/C47H33N3O/c1-27-18-21-39-35-24-36-37-25-43-44(34-14-6-8-17-42(34)51-43)45-33-13-5-7-16-40(33)50(47(37)45)41(36)23-29(35)19-20-32-30-11-3-4-12-31(30)38-15-9-10-22-48(38)46(32)28(2)49(39)26-27/h3-18,21-26,32,46H,2,19-20H2,1H3/q+2. The third-order valence-corrected chi connectivity index (χ3v) is 12.0. The van der Waals surface area contributed by atoms with Crippen molar-refractivity contribution in [3.63, 3.8) is 0 Å². The highest BCUT2D eigenvalue weighted by atomic mass is 16.3. The Bertz CT molecular complexity index is 3140. The van der Waals surface area contributed by atoms with Gasteiger partial charge in [-0.25, -0.2) is 0 Å². The Morgan fingerprint density at radius 3 is 2.45 bits per heavy atom. The van der Waals surface area contributed by atoms with Crippen LogP contribution in [0.2, 0.25) is 0 Å². The number of pyridine rings is 2. The van der Waals surface area contributed by atoms with E-state index in [0.29, 0.717) is 0 Å². The number of aryl methyl sites for hydroxylation is 2. The summed E-state index contributed by atoms with van der Waals surface area (Å²) in [5, 5.41) is 7.40. The molecule has 0 bridgehead atoms. The van der Waals surface area contributed by atoms with E-state index in [-0.39, 0.29) is 12.0 Å². The predicted molar refractivity (Wildman–Crippen MR) is 206 cm³/mol. The molecule has 4 heteroatoms. The van der Waals surface area contributed by atoms with Crippen molar-refractivity contribution in [3.8, 4) is 22.5 Å². The van der Waals surface area contributed by atoms with Crippen LogP contribution in [0.3, 0.4) is 0 Å². The number of hydrogen-bond acceptors (Lipinski definition) is 1. The second-order valence-electron chi connectivity index (χ2n) is 14.6. The van der Waals surface area contributed by atoms with Crippen molar-refractivity contribution in [2.75, 3.05) is 0 Å². The zero-order valence-electron chi connectivity index (χ0n) is 28.2. The molecule has 7 heterocycles. The first-order valence-electron chi connectivity index (χ1n) is 18.0. The van der Waals surface area contributed by atoms with Gasteiger partial charge in [0.05, 0.1) is 28.0 Å². The predicted octanol–water partition coefficient (Wildman–Crippen LogP) is 10.7. The van der Waals surface area contributed by atoms with Crippen LogP contribution in [0.4, 0.5) is 0 Å². The topological polar surface area (TPSA) is 25.3 Å². The van der Waals surface area contributed by atoms with Crippen molar-refractivity contribution >= 4 is 65.7 Å². The second kappa shape index (κ2) is 9.70. The summed E-state index contributed by atoms with van der Waals surface area (Å²) >= 11 is 0. The lowest BCUT2D eigenvalue weighted by Gasteiger charge is -2.29. The first-order valence-corrected chi connectivity index (χ1v) is 18.0. The van der Waals surface area contributed by atoms with Crippen LogP contribution < -0.4 is 9.13 Å². The van der Waals surface area contributed by atoms with Gasteiger partial charge in [0.15, 0.2) is 12.4 Å². The molecule has 2 aliphatic rings. The largest absolute Gasteiger partial charge is 0.456 e. The molecule has 240 valence electrons. The first kappa shape index (κ1) is 27.5. The van der Waals surface area contributed by atoms with E-state index in [1.54, 1.807) is 0 Å². The van der Waals surface area contributed by atoms with Gasteiger partial charge in [-0.3, -0.25) is 0 Å². The number of fused-ring (bicyclic) bond motifs is 19. The van der Waals surface area contributed by atoms with Gasteiger partial charge in [0, 0.05) is 61.6 Å². The number of hydrogen-bond donors (Lipinski definition) is 0. The SMILES string of the molecule is C=C1C2C(CCc3cc4c(cc3-c3ccc(C)c[n+]31)c1cc3oc5ccccc5c3c3c5ccccc5n4c13)c1ccccc1-c1cccc[n+]12. The van der Waals surface area contributed by atoms with Crippen molar-refractivity contribution in [3.05, 3.63) is 157 Å². The summed E-state index contributed by atoms with van der Waals surface area (Å²) in [5.41, 5.74) is 15.8. The van der Waals surface area contributed by atoms with Crippen LogP contribution in [-0.4, -0.2) is 4.40 Å².